The molecule has 0 heterocycles. The number of aliphatic carboxylic acids is 1. The standard InChI is InChI=1S/C14H18O6S/c1-19-8-14(13(15)16)11(12(14)21(3,17)18)9-4-6-10(20-2)7-5-9/h4-7,11-12H,8H2,1-3H3,(H,15,16)/t11-,12+,14+/m1/s1. The summed E-state index contributed by atoms with van der Waals surface area (Å²) in [5, 5.41) is 8.56. The van der Waals surface area contributed by atoms with E-state index in [9.17, 15) is 18.3 Å². The summed E-state index contributed by atoms with van der Waals surface area (Å²) >= 11 is 0. The maximum Gasteiger partial charge on any atom is 0.314 e. The van der Waals surface area contributed by atoms with Crippen molar-refractivity contribution < 1.29 is 27.8 Å². The van der Waals surface area contributed by atoms with Crippen LogP contribution in [0, 0.1) is 5.41 Å². The van der Waals surface area contributed by atoms with Crippen LogP contribution in [-0.2, 0) is 19.4 Å². The summed E-state index contributed by atoms with van der Waals surface area (Å²) < 4.78 is 33.9. The van der Waals surface area contributed by atoms with Gasteiger partial charge in [-0.1, -0.05) is 12.1 Å². The summed E-state index contributed by atoms with van der Waals surface area (Å²) in [4.78, 5) is 11.7. The predicted octanol–water partition coefficient (Wildman–Crippen LogP) is 0.923. The molecule has 3 atom stereocenters. The van der Waals surface area contributed by atoms with Gasteiger partial charge < -0.3 is 14.6 Å². The fourth-order valence-electron chi connectivity index (χ4n) is 3.04. The molecule has 0 aliphatic heterocycles. The van der Waals surface area contributed by atoms with Gasteiger partial charge in [0.1, 0.15) is 11.2 Å². The molecule has 7 heteroatoms. The van der Waals surface area contributed by atoms with E-state index >= 15 is 0 Å². The van der Waals surface area contributed by atoms with Crippen LogP contribution >= 0.6 is 0 Å². The van der Waals surface area contributed by atoms with Crippen LogP contribution in [0.2, 0.25) is 0 Å². The Hall–Kier alpha value is -1.60. The van der Waals surface area contributed by atoms with Crippen LogP contribution in [0.1, 0.15) is 11.5 Å². The van der Waals surface area contributed by atoms with Crippen LogP contribution in [0.3, 0.4) is 0 Å². The highest BCUT2D eigenvalue weighted by atomic mass is 32.2. The highest BCUT2D eigenvalue weighted by Gasteiger charge is 2.74. The van der Waals surface area contributed by atoms with Gasteiger partial charge in [-0.15, -0.1) is 0 Å². The smallest absolute Gasteiger partial charge is 0.314 e. The van der Waals surface area contributed by atoms with Gasteiger partial charge in [-0.3, -0.25) is 4.79 Å². The lowest BCUT2D eigenvalue weighted by atomic mass is 10.00. The van der Waals surface area contributed by atoms with Gasteiger partial charge in [0, 0.05) is 19.3 Å². The first-order valence-electron chi connectivity index (χ1n) is 6.34. The highest BCUT2D eigenvalue weighted by Crippen LogP contribution is 2.63. The molecule has 1 N–H and O–H groups in total. The zero-order chi connectivity index (χ0) is 15.8. The number of hydrogen-bond acceptors (Lipinski definition) is 5. The minimum atomic E-state index is -3.51. The SMILES string of the molecule is COC[C@]1(C(=O)O)[C@H](c2ccc(OC)cc2)[C@@H]1S(C)(=O)=O. The average molecular weight is 314 g/mol. The Morgan fingerprint density at radius 3 is 2.24 bits per heavy atom. The van der Waals surface area contributed by atoms with E-state index in [4.69, 9.17) is 9.47 Å². The van der Waals surface area contributed by atoms with E-state index in [0.29, 0.717) is 11.3 Å². The maximum absolute atomic E-state index is 12.0. The Labute approximate surface area is 123 Å². The van der Waals surface area contributed by atoms with Gasteiger partial charge in [0.2, 0.25) is 0 Å². The lowest BCUT2D eigenvalue weighted by Gasteiger charge is -2.11. The summed E-state index contributed by atoms with van der Waals surface area (Å²) in [6.07, 6.45) is 1.06. The molecule has 0 saturated heterocycles. The van der Waals surface area contributed by atoms with Crippen molar-refractivity contribution in [3.63, 3.8) is 0 Å². The van der Waals surface area contributed by atoms with Crippen LogP contribution in [0.4, 0.5) is 0 Å². The highest BCUT2D eigenvalue weighted by molar-refractivity contribution is 7.91. The van der Waals surface area contributed by atoms with Crippen LogP contribution in [0.25, 0.3) is 0 Å². The largest absolute Gasteiger partial charge is 0.497 e. The van der Waals surface area contributed by atoms with Crippen molar-refractivity contribution in [1.82, 2.24) is 0 Å². The van der Waals surface area contributed by atoms with Crippen molar-refractivity contribution in [3.8, 4) is 5.75 Å². The fraction of sp³-hybridized carbons (Fsp3) is 0.500. The molecule has 1 saturated carbocycles. The lowest BCUT2D eigenvalue weighted by Crippen LogP contribution is -2.28. The van der Waals surface area contributed by atoms with Crippen molar-refractivity contribution in [3.05, 3.63) is 29.8 Å². The number of methoxy groups -OCH3 is 2. The molecule has 1 aliphatic carbocycles. The maximum atomic E-state index is 12.0. The van der Waals surface area contributed by atoms with Crippen molar-refractivity contribution in [2.45, 2.75) is 11.2 Å². The Kier molecular flexibility index (Phi) is 3.99. The van der Waals surface area contributed by atoms with Crippen LogP contribution in [0.5, 0.6) is 5.75 Å². The molecule has 0 spiro atoms. The van der Waals surface area contributed by atoms with Crippen molar-refractivity contribution in [2.75, 3.05) is 27.1 Å². The summed E-state index contributed by atoms with van der Waals surface area (Å²) in [5.74, 6) is -1.14. The third-order valence-corrected chi connectivity index (χ3v) is 5.59. The second kappa shape index (κ2) is 5.31. The van der Waals surface area contributed by atoms with E-state index < -0.39 is 32.4 Å². The van der Waals surface area contributed by atoms with Crippen LogP contribution in [-0.4, -0.2) is 51.8 Å². The molecule has 1 aromatic rings. The van der Waals surface area contributed by atoms with Crippen molar-refractivity contribution >= 4 is 15.8 Å². The Balaban J connectivity index is 2.46. The topological polar surface area (TPSA) is 89.9 Å². The normalized spacial score (nSPS) is 28.1. The van der Waals surface area contributed by atoms with E-state index in [2.05, 4.69) is 0 Å². The second-order valence-electron chi connectivity index (χ2n) is 5.28. The monoisotopic (exact) mass is 314 g/mol. The first kappa shape index (κ1) is 15.8. The molecule has 0 bridgehead atoms. The van der Waals surface area contributed by atoms with Gasteiger partial charge >= 0.3 is 5.97 Å². The quantitative estimate of drug-likeness (QED) is 0.840. The van der Waals surface area contributed by atoms with Crippen molar-refractivity contribution in [2.24, 2.45) is 5.41 Å². The minimum absolute atomic E-state index is 0.142. The molecule has 6 nitrogen and oxygen atoms in total. The zero-order valence-electron chi connectivity index (χ0n) is 12.1. The summed E-state index contributed by atoms with van der Waals surface area (Å²) in [6, 6.07) is 6.77. The lowest BCUT2D eigenvalue weighted by molar-refractivity contribution is -0.145. The molecule has 0 amide bonds. The summed E-state index contributed by atoms with van der Waals surface area (Å²) in [7, 11) is -0.615. The van der Waals surface area contributed by atoms with Gasteiger partial charge in [-0.25, -0.2) is 8.42 Å². The molecule has 2 rings (SSSR count). The van der Waals surface area contributed by atoms with Gasteiger partial charge in [0.25, 0.3) is 0 Å². The number of sulfone groups is 1. The molecular formula is C14H18O6S. The number of carbonyl (C=O) groups is 1. The molecule has 0 aromatic heterocycles. The molecule has 1 fully saturated rings. The molecule has 21 heavy (non-hydrogen) atoms. The summed E-state index contributed by atoms with van der Waals surface area (Å²) in [6.45, 7) is -0.142. The van der Waals surface area contributed by atoms with Crippen LogP contribution < -0.4 is 4.74 Å². The predicted molar refractivity (Wildman–Crippen MR) is 76.3 cm³/mol. The van der Waals surface area contributed by atoms with Gasteiger partial charge in [-0.05, 0) is 17.7 Å². The Morgan fingerprint density at radius 1 is 1.29 bits per heavy atom. The number of rotatable bonds is 6. The number of hydrogen-bond donors (Lipinski definition) is 1. The zero-order valence-corrected chi connectivity index (χ0v) is 12.9. The van der Waals surface area contributed by atoms with Crippen LogP contribution in [0.15, 0.2) is 24.3 Å². The third kappa shape index (κ3) is 2.51. The average Bonchev–Trinajstić information content (AvgIpc) is 3.10. The molecular weight excluding hydrogens is 296 g/mol. The number of carboxylic acid groups (broad SMARTS) is 1. The number of ether oxygens (including phenoxy) is 2. The third-order valence-electron chi connectivity index (χ3n) is 3.97. The van der Waals surface area contributed by atoms with E-state index in [1.54, 1.807) is 24.3 Å². The Morgan fingerprint density at radius 2 is 1.86 bits per heavy atom. The fourth-order valence-corrected chi connectivity index (χ4v) is 4.94. The molecule has 1 aliphatic rings. The minimum Gasteiger partial charge on any atom is -0.497 e. The van der Waals surface area contributed by atoms with Gasteiger partial charge in [0.05, 0.1) is 19.0 Å². The van der Waals surface area contributed by atoms with E-state index in [1.807, 2.05) is 0 Å². The van der Waals surface area contributed by atoms with E-state index in [0.717, 1.165) is 6.26 Å². The van der Waals surface area contributed by atoms with Crippen molar-refractivity contribution in [1.29, 1.82) is 0 Å². The molecule has 116 valence electrons. The number of benzene rings is 1. The van der Waals surface area contributed by atoms with E-state index in [1.165, 1.54) is 14.2 Å². The molecule has 1 aromatic carbocycles. The van der Waals surface area contributed by atoms with Gasteiger partial charge in [0.15, 0.2) is 9.84 Å². The number of carboxylic acids is 1. The van der Waals surface area contributed by atoms with Gasteiger partial charge in [-0.2, -0.15) is 0 Å². The second-order valence-corrected chi connectivity index (χ2v) is 7.45. The summed E-state index contributed by atoms with van der Waals surface area (Å²) in [5.41, 5.74) is -0.762. The Bertz CT molecular complexity index is 636. The first-order valence-corrected chi connectivity index (χ1v) is 8.29. The molecule has 0 unspecified atom stereocenters. The van der Waals surface area contributed by atoms with E-state index in [-0.39, 0.29) is 6.61 Å². The molecule has 0 radical (unpaired) electrons. The first-order chi connectivity index (χ1) is 9.79.